The molecule has 0 N–H and O–H groups in total. The summed E-state index contributed by atoms with van der Waals surface area (Å²) in [6.07, 6.45) is 7.92. The SMILES string of the molecule is CCSC1CCC(N(C)Cc2cccnc2)C1. The lowest BCUT2D eigenvalue weighted by molar-refractivity contribution is 0.237. The molecule has 1 aromatic rings. The molecule has 17 heavy (non-hydrogen) atoms. The fourth-order valence-corrected chi connectivity index (χ4v) is 3.75. The van der Waals surface area contributed by atoms with Crippen LogP contribution in [0.4, 0.5) is 0 Å². The normalized spacial score (nSPS) is 24.4. The van der Waals surface area contributed by atoms with E-state index in [1.165, 1.54) is 30.6 Å². The highest BCUT2D eigenvalue weighted by Crippen LogP contribution is 2.32. The Hall–Kier alpha value is -0.540. The lowest BCUT2D eigenvalue weighted by Gasteiger charge is -2.24. The molecule has 0 spiro atoms. The molecule has 1 saturated carbocycles. The van der Waals surface area contributed by atoms with Crippen molar-refractivity contribution >= 4 is 11.8 Å². The highest BCUT2D eigenvalue weighted by molar-refractivity contribution is 7.99. The third-order valence-corrected chi connectivity index (χ3v) is 4.77. The van der Waals surface area contributed by atoms with Crippen LogP contribution in [-0.4, -0.2) is 34.0 Å². The van der Waals surface area contributed by atoms with Crippen molar-refractivity contribution < 1.29 is 0 Å². The fourth-order valence-electron chi connectivity index (χ4n) is 2.61. The van der Waals surface area contributed by atoms with Gasteiger partial charge in [-0.3, -0.25) is 9.88 Å². The van der Waals surface area contributed by atoms with E-state index in [2.05, 4.69) is 41.7 Å². The summed E-state index contributed by atoms with van der Waals surface area (Å²) in [6.45, 7) is 3.29. The molecule has 0 amide bonds. The first-order valence-corrected chi connectivity index (χ1v) is 7.55. The Kier molecular flexibility index (Phi) is 4.86. The number of rotatable bonds is 5. The first kappa shape index (κ1) is 12.9. The van der Waals surface area contributed by atoms with Crippen LogP contribution >= 0.6 is 11.8 Å². The van der Waals surface area contributed by atoms with Crippen molar-refractivity contribution in [2.45, 2.75) is 44.0 Å². The number of pyridine rings is 1. The van der Waals surface area contributed by atoms with Crippen molar-refractivity contribution in [2.75, 3.05) is 12.8 Å². The van der Waals surface area contributed by atoms with Gasteiger partial charge in [0.1, 0.15) is 0 Å². The third kappa shape index (κ3) is 3.71. The summed E-state index contributed by atoms with van der Waals surface area (Å²) in [5.41, 5.74) is 1.32. The second-order valence-electron chi connectivity index (χ2n) is 4.82. The van der Waals surface area contributed by atoms with Gasteiger partial charge < -0.3 is 0 Å². The quantitative estimate of drug-likeness (QED) is 0.798. The molecule has 1 heterocycles. The second kappa shape index (κ2) is 6.41. The Morgan fingerprint density at radius 3 is 3.06 bits per heavy atom. The Bertz CT molecular complexity index is 328. The Morgan fingerprint density at radius 2 is 2.35 bits per heavy atom. The maximum absolute atomic E-state index is 4.18. The average molecular weight is 250 g/mol. The molecule has 0 aromatic carbocycles. The molecule has 0 aliphatic heterocycles. The van der Waals surface area contributed by atoms with E-state index in [9.17, 15) is 0 Å². The maximum Gasteiger partial charge on any atom is 0.0312 e. The summed E-state index contributed by atoms with van der Waals surface area (Å²) in [5.74, 6) is 1.25. The third-order valence-electron chi connectivity index (χ3n) is 3.54. The highest BCUT2D eigenvalue weighted by Gasteiger charge is 2.27. The number of hydrogen-bond donors (Lipinski definition) is 0. The summed E-state index contributed by atoms with van der Waals surface area (Å²) in [6, 6.07) is 4.95. The molecule has 2 rings (SSSR count). The molecule has 3 heteroatoms. The predicted octanol–water partition coefficient (Wildman–Crippen LogP) is 3.19. The minimum absolute atomic E-state index is 0.763. The van der Waals surface area contributed by atoms with E-state index in [0.29, 0.717) is 0 Å². The number of hydrogen-bond acceptors (Lipinski definition) is 3. The number of aromatic nitrogens is 1. The van der Waals surface area contributed by atoms with Crippen molar-refractivity contribution in [1.29, 1.82) is 0 Å². The van der Waals surface area contributed by atoms with Crippen LogP contribution in [0.1, 0.15) is 31.7 Å². The monoisotopic (exact) mass is 250 g/mol. The van der Waals surface area contributed by atoms with E-state index in [1.807, 2.05) is 18.5 Å². The molecular formula is C14H22N2S. The van der Waals surface area contributed by atoms with Gasteiger partial charge in [-0.05, 0) is 43.7 Å². The molecule has 1 aromatic heterocycles. The molecule has 2 atom stereocenters. The van der Waals surface area contributed by atoms with Crippen LogP contribution < -0.4 is 0 Å². The van der Waals surface area contributed by atoms with E-state index in [1.54, 1.807) is 0 Å². The molecule has 0 radical (unpaired) electrons. The minimum Gasteiger partial charge on any atom is -0.299 e. The smallest absolute Gasteiger partial charge is 0.0312 e. The van der Waals surface area contributed by atoms with E-state index in [4.69, 9.17) is 0 Å². The molecule has 94 valence electrons. The molecular weight excluding hydrogens is 228 g/mol. The minimum atomic E-state index is 0.763. The first-order chi connectivity index (χ1) is 8.29. The topological polar surface area (TPSA) is 16.1 Å². The molecule has 1 aliphatic carbocycles. The van der Waals surface area contributed by atoms with Gasteiger partial charge in [-0.2, -0.15) is 11.8 Å². The van der Waals surface area contributed by atoms with Crippen LogP contribution in [0, 0.1) is 0 Å². The van der Waals surface area contributed by atoms with Crippen LogP contribution in [0.15, 0.2) is 24.5 Å². The van der Waals surface area contributed by atoms with Crippen molar-refractivity contribution in [3.8, 4) is 0 Å². The van der Waals surface area contributed by atoms with Crippen molar-refractivity contribution in [3.05, 3.63) is 30.1 Å². The van der Waals surface area contributed by atoms with Crippen molar-refractivity contribution in [3.63, 3.8) is 0 Å². The van der Waals surface area contributed by atoms with Gasteiger partial charge in [0, 0.05) is 30.2 Å². The zero-order chi connectivity index (χ0) is 12.1. The van der Waals surface area contributed by atoms with Gasteiger partial charge in [-0.15, -0.1) is 0 Å². The standard InChI is InChI=1S/C14H22N2S/c1-3-17-14-7-6-13(9-14)16(2)11-12-5-4-8-15-10-12/h4-5,8,10,13-14H,3,6-7,9,11H2,1-2H3. The first-order valence-electron chi connectivity index (χ1n) is 6.50. The van der Waals surface area contributed by atoms with Gasteiger partial charge in [0.05, 0.1) is 0 Å². The van der Waals surface area contributed by atoms with Crippen LogP contribution in [0.25, 0.3) is 0 Å². The van der Waals surface area contributed by atoms with Crippen LogP contribution in [0.2, 0.25) is 0 Å². The summed E-state index contributed by atoms with van der Waals surface area (Å²) >= 11 is 2.13. The number of nitrogens with zero attached hydrogens (tertiary/aromatic N) is 2. The fraction of sp³-hybridized carbons (Fsp3) is 0.643. The highest BCUT2D eigenvalue weighted by atomic mass is 32.2. The summed E-state index contributed by atoms with van der Waals surface area (Å²) in [5, 5.41) is 0.890. The second-order valence-corrected chi connectivity index (χ2v) is 6.40. The summed E-state index contributed by atoms with van der Waals surface area (Å²) in [4.78, 5) is 6.67. The van der Waals surface area contributed by atoms with E-state index in [-0.39, 0.29) is 0 Å². The Labute approximate surface area is 109 Å². The van der Waals surface area contributed by atoms with Crippen molar-refractivity contribution in [2.24, 2.45) is 0 Å². The Balaban J connectivity index is 1.83. The van der Waals surface area contributed by atoms with Crippen LogP contribution in [-0.2, 0) is 6.54 Å². The Morgan fingerprint density at radius 1 is 1.47 bits per heavy atom. The summed E-state index contributed by atoms with van der Waals surface area (Å²) < 4.78 is 0. The van der Waals surface area contributed by atoms with Crippen LogP contribution in [0.5, 0.6) is 0 Å². The molecule has 2 nitrogen and oxygen atoms in total. The number of thioether (sulfide) groups is 1. The molecule has 0 saturated heterocycles. The lowest BCUT2D eigenvalue weighted by Crippen LogP contribution is -2.29. The van der Waals surface area contributed by atoms with E-state index in [0.717, 1.165) is 17.8 Å². The maximum atomic E-state index is 4.18. The summed E-state index contributed by atoms with van der Waals surface area (Å²) in [7, 11) is 2.25. The van der Waals surface area contributed by atoms with E-state index >= 15 is 0 Å². The van der Waals surface area contributed by atoms with Gasteiger partial charge in [0.25, 0.3) is 0 Å². The molecule has 0 bridgehead atoms. The van der Waals surface area contributed by atoms with Gasteiger partial charge in [-0.25, -0.2) is 0 Å². The van der Waals surface area contributed by atoms with Crippen LogP contribution in [0.3, 0.4) is 0 Å². The lowest BCUT2D eigenvalue weighted by atomic mass is 10.2. The van der Waals surface area contributed by atoms with Gasteiger partial charge in [0.2, 0.25) is 0 Å². The van der Waals surface area contributed by atoms with Gasteiger partial charge in [0.15, 0.2) is 0 Å². The zero-order valence-electron chi connectivity index (χ0n) is 10.8. The molecule has 1 aliphatic rings. The van der Waals surface area contributed by atoms with Gasteiger partial charge in [-0.1, -0.05) is 13.0 Å². The molecule has 1 fully saturated rings. The van der Waals surface area contributed by atoms with Crippen molar-refractivity contribution in [1.82, 2.24) is 9.88 Å². The van der Waals surface area contributed by atoms with Gasteiger partial charge >= 0.3 is 0 Å². The molecule has 2 unspecified atom stereocenters. The largest absolute Gasteiger partial charge is 0.299 e. The van der Waals surface area contributed by atoms with E-state index < -0.39 is 0 Å². The zero-order valence-corrected chi connectivity index (χ0v) is 11.6. The predicted molar refractivity (Wildman–Crippen MR) is 75.3 cm³/mol. The average Bonchev–Trinajstić information content (AvgIpc) is 2.79.